The molecule has 80 heavy (non-hydrogen) atoms. The maximum Gasteiger partial charge on any atom is 0.306 e. The molecule has 1 amide bonds. The molecule has 0 aromatic carbocycles. The number of hydrogen-bond donors (Lipinski definition) is 6. The molecule has 6 N–H and O–H groups in total. The summed E-state index contributed by atoms with van der Waals surface area (Å²) in [6.45, 7) is 5.62. The van der Waals surface area contributed by atoms with Gasteiger partial charge in [0.15, 0.2) is 12.4 Å². The number of aliphatic hydroxyl groups excluding tert-OH is 5. The zero-order chi connectivity index (χ0) is 58.2. The summed E-state index contributed by atoms with van der Waals surface area (Å²) < 4.78 is 17.6. The minimum absolute atomic E-state index is 0.0988. The van der Waals surface area contributed by atoms with E-state index in [-0.39, 0.29) is 19.4 Å². The third-order valence-corrected chi connectivity index (χ3v) is 14.4. The molecule has 1 heterocycles. The van der Waals surface area contributed by atoms with Gasteiger partial charge in [-0.25, -0.2) is 0 Å². The fourth-order valence-electron chi connectivity index (χ4n) is 9.35. The van der Waals surface area contributed by atoms with Crippen molar-refractivity contribution >= 4 is 11.9 Å². The fraction of sp³-hybridized carbons (Fsp3) is 0.710. The van der Waals surface area contributed by atoms with Crippen LogP contribution in [0.25, 0.3) is 0 Å². The molecule has 0 saturated carbocycles. The summed E-state index contributed by atoms with van der Waals surface area (Å²) in [6.07, 6.45) is 65.5. The number of ether oxygens (including phenoxy) is 3. The van der Waals surface area contributed by atoms with Gasteiger partial charge in [0.05, 0.1) is 25.4 Å². The standard InChI is InChI=1S/C69H117NO10/c1-4-7-10-13-16-19-22-25-27-28-29-30-31-32-33-34-35-36-37-39-42-45-48-51-54-57-64(74)80-67-66(76)65(75)63(58-71)79-69(67)78-59-60(61(72)55-52-49-46-43-40-24-21-18-15-12-9-6-3)70-68(77)62(73)56-53-50-47-44-41-38-26-23-20-17-14-11-8-5-2/h7,10,16-17,19-20,23,25-27,29-30,32-33,35-36,52,55,60-63,65-67,69,71-73,75-76H,4-6,8-9,11-15,18,21-22,24,28,31,34,37-51,53-54,56-59H2,1-3H3,(H,70,77)/b10-7-,19-16-,20-17+,26-23+,27-25-,30-29-,33-32-,36-35-,55-52+. The molecule has 11 heteroatoms. The third-order valence-electron chi connectivity index (χ3n) is 14.4. The Morgan fingerprint density at radius 3 is 1.45 bits per heavy atom. The average molecular weight is 1120 g/mol. The van der Waals surface area contributed by atoms with E-state index in [1.54, 1.807) is 6.08 Å². The van der Waals surface area contributed by atoms with Crippen LogP contribution >= 0.6 is 0 Å². The van der Waals surface area contributed by atoms with Crippen molar-refractivity contribution in [3.63, 3.8) is 0 Å². The van der Waals surface area contributed by atoms with Crippen LogP contribution in [0.1, 0.15) is 252 Å². The number of rotatable bonds is 53. The molecule has 0 spiro atoms. The van der Waals surface area contributed by atoms with Gasteiger partial charge in [-0.05, 0) is 103 Å². The van der Waals surface area contributed by atoms with Crippen LogP contribution in [0.4, 0.5) is 0 Å². The summed E-state index contributed by atoms with van der Waals surface area (Å²) in [4.78, 5) is 26.6. The predicted octanol–water partition coefficient (Wildman–Crippen LogP) is 15.7. The van der Waals surface area contributed by atoms with Crippen molar-refractivity contribution in [1.29, 1.82) is 0 Å². The molecule has 11 nitrogen and oxygen atoms in total. The lowest BCUT2D eigenvalue weighted by atomic mass is 9.99. The van der Waals surface area contributed by atoms with Gasteiger partial charge in [-0.3, -0.25) is 9.59 Å². The summed E-state index contributed by atoms with van der Waals surface area (Å²) >= 11 is 0. The largest absolute Gasteiger partial charge is 0.454 e. The van der Waals surface area contributed by atoms with Gasteiger partial charge in [-0.15, -0.1) is 0 Å². The first kappa shape index (κ1) is 74.3. The second-order valence-electron chi connectivity index (χ2n) is 21.8. The molecule has 0 aromatic heterocycles. The van der Waals surface area contributed by atoms with Crippen LogP contribution in [0.15, 0.2) is 109 Å². The lowest BCUT2D eigenvalue weighted by Gasteiger charge is -2.41. The lowest BCUT2D eigenvalue weighted by Crippen LogP contribution is -2.61. The van der Waals surface area contributed by atoms with Gasteiger partial charge in [-0.2, -0.15) is 0 Å². The number of aliphatic hydroxyl groups is 5. The number of amides is 1. The van der Waals surface area contributed by atoms with E-state index < -0.39 is 67.4 Å². The first-order valence-corrected chi connectivity index (χ1v) is 32.2. The maximum absolute atomic E-state index is 13.4. The van der Waals surface area contributed by atoms with Crippen molar-refractivity contribution in [2.45, 2.75) is 301 Å². The highest BCUT2D eigenvalue weighted by Gasteiger charge is 2.47. The normalized spacial score (nSPS) is 19.5. The number of allylic oxidation sites excluding steroid dienone is 17. The molecule has 8 unspecified atom stereocenters. The first-order valence-electron chi connectivity index (χ1n) is 32.2. The Bertz CT molecular complexity index is 1710. The van der Waals surface area contributed by atoms with Gasteiger partial charge in [0.2, 0.25) is 5.91 Å². The number of esters is 1. The molecule has 0 bridgehead atoms. The van der Waals surface area contributed by atoms with E-state index in [1.165, 1.54) is 70.6 Å². The topological polar surface area (TPSA) is 175 Å². The van der Waals surface area contributed by atoms with E-state index in [9.17, 15) is 35.1 Å². The molecule has 0 radical (unpaired) electrons. The number of unbranched alkanes of at least 4 members (excludes halogenated alkanes) is 24. The molecule has 1 fully saturated rings. The minimum atomic E-state index is -1.63. The molecule has 1 saturated heterocycles. The van der Waals surface area contributed by atoms with E-state index in [0.717, 1.165) is 135 Å². The number of carbonyl (C=O) groups is 2. The van der Waals surface area contributed by atoms with Gasteiger partial charge < -0.3 is 45.1 Å². The van der Waals surface area contributed by atoms with Crippen LogP contribution < -0.4 is 5.32 Å². The van der Waals surface area contributed by atoms with Crippen molar-refractivity contribution in [2.24, 2.45) is 0 Å². The van der Waals surface area contributed by atoms with Crippen molar-refractivity contribution in [3.8, 4) is 0 Å². The van der Waals surface area contributed by atoms with Gasteiger partial charge >= 0.3 is 5.97 Å². The third kappa shape index (κ3) is 43.1. The quantitative estimate of drug-likeness (QED) is 0.0149. The Labute approximate surface area is 488 Å². The molecule has 0 aliphatic carbocycles. The highest BCUT2D eigenvalue weighted by molar-refractivity contribution is 5.80. The Kier molecular flexibility index (Phi) is 51.9. The molecule has 1 aliphatic rings. The van der Waals surface area contributed by atoms with Crippen LogP contribution in [0, 0.1) is 0 Å². The molecule has 8 atom stereocenters. The van der Waals surface area contributed by atoms with Gasteiger partial charge in [0.25, 0.3) is 0 Å². The summed E-state index contributed by atoms with van der Waals surface area (Å²) in [5.41, 5.74) is 0. The van der Waals surface area contributed by atoms with Crippen LogP contribution in [-0.2, 0) is 23.8 Å². The van der Waals surface area contributed by atoms with Crippen molar-refractivity contribution in [1.82, 2.24) is 5.32 Å². The molecular formula is C69H117NO10. The summed E-state index contributed by atoms with van der Waals surface area (Å²) in [5, 5.41) is 57.0. The number of nitrogens with one attached hydrogen (secondary N) is 1. The fourth-order valence-corrected chi connectivity index (χ4v) is 9.35. The van der Waals surface area contributed by atoms with Crippen molar-refractivity contribution in [3.05, 3.63) is 109 Å². The molecule has 1 rings (SSSR count). The Hall–Kier alpha value is -3.68. The molecular weight excluding hydrogens is 1000 g/mol. The highest BCUT2D eigenvalue weighted by Crippen LogP contribution is 2.26. The SMILES string of the molecule is CC/C=C\C/C=C\C/C=C\C/C=C\C/C=C\C/C=C\CCCCCCCCC(=O)OC1C(OCC(NC(=O)C(O)CCCCCCC/C=C/C=C/CCCCC)C(O)/C=C/CCCCCCCCCCCC)OC(CO)C(O)C1O. The predicted molar refractivity (Wildman–Crippen MR) is 333 cm³/mol. The van der Waals surface area contributed by atoms with Crippen molar-refractivity contribution < 1.29 is 49.3 Å². The summed E-state index contributed by atoms with van der Waals surface area (Å²) in [5.74, 6) is -1.23. The zero-order valence-electron chi connectivity index (χ0n) is 50.7. The van der Waals surface area contributed by atoms with E-state index in [0.29, 0.717) is 12.8 Å². The van der Waals surface area contributed by atoms with Gasteiger partial charge in [0, 0.05) is 6.42 Å². The minimum Gasteiger partial charge on any atom is -0.454 e. The second kappa shape index (κ2) is 55.8. The van der Waals surface area contributed by atoms with Crippen LogP contribution in [0.2, 0.25) is 0 Å². The van der Waals surface area contributed by atoms with E-state index in [2.05, 4.69) is 123 Å². The van der Waals surface area contributed by atoms with E-state index >= 15 is 0 Å². The second-order valence-corrected chi connectivity index (χ2v) is 21.8. The lowest BCUT2D eigenvalue weighted by molar-refractivity contribution is -0.305. The Morgan fingerprint density at radius 2 is 0.938 bits per heavy atom. The van der Waals surface area contributed by atoms with Crippen LogP contribution in [0.3, 0.4) is 0 Å². The number of carbonyl (C=O) groups excluding carboxylic acids is 2. The van der Waals surface area contributed by atoms with Gasteiger partial charge in [0.1, 0.15) is 24.4 Å². The average Bonchev–Trinajstić information content (AvgIpc) is 3.46. The summed E-state index contributed by atoms with van der Waals surface area (Å²) in [7, 11) is 0. The first-order chi connectivity index (χ1) is 39.2. The van der Waals surface area contributed by atoms with Gasteiger partial charge in [-0.1, -0.05) is 252 Å². The highest BCUT2D eigenvalue weighted by atomic mass is 16.7. The molecule has 458 valence electrons. The zero-order valence-corrected chi connectivity index (χ0v) is 50.7. The molecule has 0 aromatic rings. The van der Waals surface area contributed by atoms with E-state index in [1.807, 2.05) is 6.08 Å². The van der Waals surface area contributed by atoms with Crippen LogP contribution in [0.5, 0.6) is 0 Å². The maximum atomic E-state index is 13.4. The molecule has 1 aliphatic heterocycles. The summed E-state index contributed by atoms with van der Waals surface area (Å²) in [6, 6.07) is -1.04. The Balaban J connectivity index is 2.64. The monoisotopic (exact) mass is 1120 g/mol. The van der Waals surface area contributed by atoms with Crippen LogP contribution in [-0.4, -0.2) is 99.6 Å². The van der Waals surface area contributed by atoms with E-state index in [4.69, 9.17) is 14.2 Å². The number of hydrogen-bond acceptors (Lipinski definition) is 10. The smallest absolute Gasteiger partial charge is 0.306 e. The Morgan fingerprint density at radius 1 is 0.512 bits per heavy atom. The van der Waals surface area contributed by atoms with Crippen molar-refractivity contribution in [2.75, 3.05) is 13.2 Å².